The number of nitrogens with one attached hydrogen (secondary N) is 1. The van der Waals surface area contributed by atoms with Gasteiger partial charge in [-0.15, -0.1) is 0 Å². The molecular weight excluding hydrogens is 272 g/mol. The molecule has 0 amide bonds. The van der Waals surface area contributed by atoms with E-state index in [1.165, 1.54) is 10.4 Å². The van der Waals surface area contributed by atoms with E-state index in [4.69, 9.17) is 11.6 Å². The molecule has 0 saturated carbocycles. The summed E-state index contributed by atoms with van der Waals surface area (Å²) in [4.78, 5) is 0.270. The van der Waals surface area contributed by atoms with Crippen LogP contribution in [0, 0.1) is 0 Å². The predicted octanol–water partition coefficient (Wildman–Crippen LogP) is 1.71. The number of sulfonamides is 1. The molecule has 0 aromatic heterocycles. The molecule has 2 rings (SSSR count). The molecule has 100 valence electrons. The van der Waals surface area contributed by atoms with Gasteiger partial charge in [0.05, 0.1) is 4.90 Å². The number of hydrogen-bond donors (Lipinski definition) is 1. The van der Waals surface area contributed by atoms with Crippen LogP contribution in [-0.4, -0.2) is 38.9 Å². The molecule has 18 heavy (non-hydrogen) atoms. The number of nitrogens with zero attached hydrogens (tertiary/aromatic N) is 1. The van der Waals surface area contributed by atoms with Crippen LogP contribution in [0.2, 0.25) is 5.02 Å². The fourth-order valence-corrected chi connectivity index (χ4v) is 4.00. The van der Waals surface area contributed by atoms with E-state index in [-0.39, 0.29) is 10.9 Å². The minimum Gasteiger partial charge on any atom is -0.316 e. The zero-order valence-corrected chi connectivity index (χ0v) is 11.8. The first-order valence-electron chi connectivity index (χ1n) is 5.97. The van der Waals surface area contributed by atoms with E-state index in [9.17, 15) is 8.42 Å². The maximum Gasteiger partial charge on any atom is 0.243 e. The normalized spacial score (nSPS) is 22.0. The highest BCUT2D eigenvalue weighted by molar-refractivity contribution is 7.89. The fraction of sp³-hybridized carbons (Fsp3) is 0.500. The Labute approximate surface area is 113 Å². The van der Waals surface area contributed by atoms with Crippen molar-refractivity contribution in [1.29, 1.82) is 0 Å². The molecule has 0 aliphatic carbocycles. The Morgan fingerprint density at radius 1 is 1.44 bits per heavy atom. The molecule has 1 atom stereocenters. The highest BCUT2D eigenvalue weighted by Gasteiger charge is 2.29. The van der Waals surface area contributed by atoms with E-state index >= 15 is 0 Å². The third-order valence-corrected chi connectivity index (χ3v) is 5.32. The number of piperidine rings is 1. The first-order valence-corrected chi connectivity index (χ1v) is 7.79. The van der Waals surface area contributed by atoms with Gasteiger partial charge < -0.3 is 5.32 Å². The Balaban J connectivity index is 2.25. The molecule has 0 bridgehead atoms. The molecule has 1 N–H and O–H groups in total. The van der Waals surface area contributed by atoms with Crippen LogP contribution in [0.1, 0.15) is 12.8 Å². The van der Waals surface area contributed by atoms with Crippen LogP contribution < -0.4 is 5.32 Å². The second-order valence-electron chi connectivity index (χ2n) is 4.45. The number of hydrogen-bond acceptors (Lipinski definition) is 3. The van der Waals surface area contributed by atoms with Crippen molar-refractivity contribution in [3.05, 3.63) is 29.3 Å². The van der Waals surface area contributed by atoms with Gasteiger partial charge >= 0.3 is 0 Å². The van der Waals surface area contributed by atoms with E-state index in [2.05, 4.69) is 5.32 Å². The van der Waals surface area contributed by atoms with Crippen LogP contribution in [0.3, 0.4) is 0 Å². The average Bonchev–Trinajstić information content (AvgIpc) is 2.39. The molecule has 1 saturated heterocycles. The third-order valence-electron chi connectivity index (χ3n) is 3.23. The van der Waals surface area contributed by atoms with Gasteiger partial charge in [-0.2, -0.15) is 4.31 Å². The molecule has 0 unspecified atom stereocenters. The van der Waals surface area contributed by atoms with Crippen LogP contribution in [-0.2, 0) is 10.0 Å². The zero-order valence-electron chi connectivity index (χ0n) is 10.3. The van der Waals surface area contributed by atoms with Crippen molar-refractivity contribution in [1.82, 2.24) is 9.62 Å². The SMILES string of the molecule is CN[C@@H]1CCCN(S(=O)(=O)c2cccc(Cl)c2)C1. The maximum absolute atomic E-state index is 12.4. The van der Waals surface area contributed by atoms with E-state index < -0.39 is 10.0 Å². The van der Waals surface area contributed by atoms with Gasteiger partial charge in [-0.25, -0.2) is 8.42 Å². The fourth-order valence-electron chi connectivity index (χ4n) is 2.17. The third kappa shape index (κ3) is 2.85. The first kappa shape index (κ1) is 13.8. The van der Waals surface area contributed by atoms with Crippen molar-refractivity contribution < 1.29 is 8.42 Å². The molecule has 1 aliphatic heterocycles. The van der Waals surface area contributed by atoms with Crippen molar-refractivity contribution in [3.8, 4) is 0 Å². The number of rotatable bonds is 3. The Morgan fingerprint density at radius 2 is 2.22 bits per heavy atom. The molecule has 0 radical (unpaired) electrons. The Morgan fingerprint density at radius 3 is 2.89 bits per heavy atom. The van der Waals surface area contributed by atoms with Gasteiger partial charge in [0.1, 0.15) is 0 Å². The lowest BCUT2D eigenvalue weighted by Gasteiger charge is -2.31. The summed E-state index contributed by atoms with van der Waals surface area (Å²) in [5.41, 5.74) is 0. The lowest BCUT2D eigenvalue weighted by atomic mass is 10.1. The van der Waals surface area contributed by atoms with Crippen molar-refractivity contribution in [2.24, 2.45) is 0 Å². The minimum absolute atomic E-state index is 0.229. The molecule has 1 aromatic carbocycles. The zero-order chi connectivity index (χ0) is 13.2. The summed E-state index contributed by atoms with van der Waals surface area (Å²) in [6.45, 7) is 1.10. The van der Waals surface area contributed by atoms with Crippen LogP contribution in [0.15, 0.2) is 29.2 Å². The minimum atomic E-state index is -3.42. The highest BCUT2D eigenvalue weighted by atomic mass is 35.5. The Bertz CT molecular complexity index is 519. The number of halogens is 1. The predicted molar refractivity (Wildman–Crippen MR) is 72.3 cm³/mol. The second kappa shape index (κ2) is 5.57. The van der Waals surface area contributed by atoms with Crippen LogP contribution in [0.4, 0.5) is 0 Å². The van der Waals surface area contributed by atoms with Crippen molar-refractivity contribution >= 4 is 21.6 Å². The molecular formula is C12H17ClN2O2S. The van der Waals surface area contributed by atoms with Crippen molar-refractivity contribution in [2.75, 3.05) is 20.1 Å². The van der Waals surface area contributed by atoms with E-state index in [0.717, 1.165) is 12.8 Å². The summed E-state index contributed by atoms with van der Waals surface area (Å²) in [5.74, 6) is 0. The van der Waals surface area contributed by atoms with Gasteiger partial charge in [0.25, 0.3) is 0 Å². The molecule has 4 nitrogen and oxygen atoms in total. The van der Waals surface area contributed by atoms with Gasteiger partial charge in [0.2, 0.25) is 10.0 Å². The summed E-state index contributed by atoms with van der Waals surface area (Å²) in [6.07, 6.45) is 1.89. The smallest absolute Gasteiger partial charge is 0.243 e. The van der Waals surface area contributed by atoms with E-state index in [1.54, 1.807) is 18.2 Å². The second-order valence-corrected chi connectivity index (χ2v) is 6.82. The maximum atomic E-state index is 12.4. The molecule has 6 heteroatoms. The molecule has 1 aliphatic rings. The van der Waals surface area contributed by atoms with Crippen LogP contribution >= 0.6 is 11.6 Å². The van der Waals surface area contributed by atoms with Gasteiger partial charge in [0, 0.05) is 24.2 Å². The topological polar surface area (TPSA) is 49.4 Å². The summed E-state index contributed by atoms with van der Waals surface area (Å²) in [7, 11) is -1.56. The lowest BCUT2D eigenvalue weighted by molar-refractivity contribution is 0.293. The molecule has 1 fully saturated rings. The molecule has 1 heterocycles. The Hall–Kier alpha value is -0.620. The van der Waals surface area contributed by atoms with Gasteiger partial charge in [-0.05, 0) is 38.1 Å². The number of likely N-dealkylation sites (N-methyl/N-ethyl adjacent to an activating group) is 1. The largest absolute Gasteiger partial charge is 0.316 e. The standard InChI is InChI=1S/C12H17ClN2O2S/c1-14-11-5-3-7-15(9-11)18(16,17)12-6-2-4-10(13)8-12/h2,4,6,8,11,14H,3,5,7,9H2,1H3/t11-/m1/s1. The van der Waals surface area contributed by atoms with Gasteiger partial charge in [-0.1, -0.05) is 17.7 Å². The quantitative estimate of drug-likeness (QED) is 0.921. The van der Waals surface area contributed by atoms with Crippen LogP contribution in [0.25, 0.3) is 0 Å². The summed E-state index contributed by atoms with van der Waals surface area (Å²) in [5, 5.41) is 3.58. The first-order chi connectivity index (χ1) is 8.54. The Kier molecular flexibility index (Phi) is 4.27. The van der Waals surface area contributed by atoms with Crippen molar-refractivity contribution in [2.45, 2.75) is 23.8 Å². The number of benzene rings is 1. The monoisotopic (exact) mass is 288 g/mol. The summed E-state index contributed by atoms with van der Waals surface area (Å²) in [6, 6.07) is 6.65. The highest BCUT2D eigenvalue weighted by Crippen LogP contribution is 2.22. The van der Waals surface area contributed by atoms with Crippen molar-refractivity contribution in [3.63, 3.8) is 0 Å². The molecule has 0 spiro atoms. The average molecular weight is 289 g/mol. The van der Waals surface area contributed by atoms with E-state index in [0.29, 0.717) is 18.1 Å². The lowest BCUT2D eigenvalue weighted by Crippen LogP contribution is -2.46. The van der Waals surface area contributed by atoms with E-state index in [1.807, 2.05) is 7.05 Å². The van der Waals surface area contributed by atoms with Gasteiger partial charge in [-0.3, -0.25) is 0 Å². The van der Waals surface area contributed by atoms with Gasteiger partial charge in [0.15, 0.2) is 0 Å². The van der Waals surface area contributed by atoms with Crippen LogP contribution in [0.5, 0.6) is 0 Å². The molecule has 1 aromatic rings. The summed E-state index contributed by atoms with van der Waals surface area (Å²) < 4.78 is 26.4. The summed E-state index contributed by atoms with van der Waals surface area (Å²) >= 11 is 5.85.